The van der Waals surface area contributed by atoms with E-state index in [0.717, 1.165) is 17.9 Å². The molecule has 2 aromatic rings. The molecular formula is C17H21FN2O. The van der Waals surface area contributed by atoms with E-state index in [1.165, 1.54) is 0 Å². The molecule has 0 aliphatic rings. The Hall–Kier alpha value is -1.91. The Bertz CT molecular complexity index is 601. The number of methoxy groups -OCH3 is 1. The Morgan fingerprint density at radius 2 is 1.81 bits per heavy atom. The van der Waals surface area contributed by atoms with Crippen LogP contribution in [0.3, 0.4) is 0 Å². The van der Waals surface area contributed by atoms with Crippen LogP contribution < -0.4 is 10.5 Å². The van der Waals surface area contributed by atoms with Crippen LogP contribution in [-0.2, 0) is 19.6 Å². The molecule has 0 atom stereocenters. The molecule has 0 aliphatic carbocycles. The van der Waals surface area contributed by atoms with Crippen molar-refractivity contribution >= 4 is 0 Å². The summed E-state index contributed by atoms with van der Waals surface area (Å²) in [6.07, 6.45) is 0. The van der Waals surface area contributed by atoms with Crippen molar-refractivity contribution < 1.29 is 9.13 Å². The van der Waals surface area contributed by atoms with Gasteiger partial charge < -0.3 is 10.5 Å². The van der Waals surface area contributed by atoms with Crippen molar-refractivity contribution in [2.24, 2.45) is 5.73 Å². The Balaban J connectivity index is 2.06. The minimum absolute atomic E-state index is 0.197. The molecule has 0 radical (unpaired) electrons. The maximum absolute atomic E-state index is 14.2. The summed E-state index contributed by atoms with van der Waals surface area (Å²) in [7, 11) is 3.62. The van der Waals surface area contributed by atoms with Crippen molar-refractivity contribution in [1.29, 1.82) is 0 Å². The molecule has 0 spiro atoms. The van der Waals surface area contributed by atoms with Gasteiger partial charge in [0.1, 0.15) is 11.6 Å². The quantitative estimate of drug-likeness (QED) is 0.888. The van der Waals surface area contributed by atoms with Gasteiger partial charge in [-0.25, -0.2) is 4.39 Å². The molecule has 2 rings (SSSR count). The van der Waals surface area contributed by atoms with Gasteiger partial charge >= 0.3 is 0 Å². The minimum atomic E-state index is -0.197. The molecule has 0 aromatic heterocycles. The van der Waals surface area contributed by atoms with Gasteiger partial charge in [-0.1, -0.05) is 30.3 Å². The molecule has 0 saturated heterocycles. The summed E-state index contributed by atoms with van der Waals surface area (Å²) in [5.41, 5.74) is 7.90. The Morgan fingerprint density at radius 3 is 2.52 bits per heavy atom. The fraction of sp³-hybridized carbons (Fsp3) is 0.294. The summed E-state index contributed by atoms with van der Waals surface area (Å²) >= 11 is 0. The molecule has 21 heavy (non-hydrogen) atoms. The molecule has 2 aromatic carbocycles. The normalized spacial score (nSPS) is 10.9. The van der Waals surface area contributed by atoms with Crippen molar-refractivity contribution in [2.75, 3.05) is 14.2 Å². The first-order chi connectivity index (χ1) is 10.1. The summed E-state index contributed by atoms with van der Waals surface area (Å²) in [6.45, 7) is 1.49. The highest BCUT2D eigenvalue weighted by molar-refractivity contribution is 5.29. The summed E-state index contributed by atoms with van der Waals surface area (Å²) < 4.78 is 19.4. The van der Waals surface area contributed by atoms with E-state index in [-0.39, 0.29) is 12.4 Å². The second-order valence-electron chi connectivity index (χ2n) is 5.12. The number of ether oxygens (including phenoxy) is 1. The third-order valence-electron chi connectivity index (χ3n) is 3.41. The number of hydrogen-bond donors (Lipinski definition) is 1. The van der Waals surface area contributed by atoms with Crippen LogP contribution in [0.1, 0.15) is 16.7 Å². The van der Waals surface area contributed by atoms with E-state index < -0.39 is 0 Å². The van der Waals surface area contributed by atoms with Gasteiger partial charge in [0.15, 0.2) is 0 Å². The van der Waals surface area contributed by atoms with Crippen LogP contribution in [0.4, 0.5) is 4.39 Å². The van der Waals surface area contributed by atoms with Crippen LogP contribution in [0.15, 0.2) is 42.5 Å². The lowest BCUT2D eigenvalue weighted by Crippen LogP contribution is -2.18. The lowest BCUT2D eigenvalue weighted by atomic mass is 10.1. The maximum atomic E-state index is 14.2. The van der Waals surface area contributed by atoms with Crippen LogP contribution in [0, 0.1) is 5.82 Å². The second-order valence-corrected chi connectivity index (χ2v) is 5.12. The number of halogens is 1. The van der Waals surface area contributed by atoms with Gasteiger partial charge in [0.05, 0.1) is 7.11 Å². The number of nitrogens with zero attached hydrogens (tertiary/aromatic N) is 1. The van der Waals surface area contributed by atoms with Crippen LogP contribution in [-0.4, -0.2) is 19.1 Å². The molecule has 2 N–H and O–H groups in total. The van der Waals surface area contributed by atoms with E-state index in [1.54, 1.807) is 19.2 Å². The lowest BCUT2D eigenvalue weighted by molar-refractivity contribution is 0.312. The lowest BCUT2D eigenvalue weighted by Gasteiger charge is -2.18. The first-order valence-corrected chi connectivity index (χ1v) is 6.92. The molecule has 0 heterocycles. The zero-order valence-corrected chi connectivity index (χ0v) is 12.5. The summed E-state index contributed by atoms with van der Waals surface area (Å²) in [6, 6.07) is 13.3. The summed E-state index contributed by atoms with van der Waals surface area (Å²) in [5.74, 6) is 0.634. The first-order valence-electron chi connectivity index (χ1n) is 6.92. The first kappa shape index (κ1) is 15.5. The minimum Gasteiger partial charge on any atom is -0.497 e. The van der Waals surface area contributed by atoms with Gasteiger partial charge in [0.2, 0.25) is 0 Å². The highest BCUT2D eigenvalue weighted by atomic mass is 19.1. The van der Waals surface area contributed by atoms with E-state index in [4.69, 9.17) is 10.5 Å². The molecule has 0 aliphatic heterocycles. The second kappa shape index (κ2) is 7.20. The van der Waals surface area contributed by atoms with Gasteiger partial charge in [-0.15, -0.1) is 0 Å². The largest absolute Gasteiger partial charge is 0.497 e. The van der Waals surface area contributed by atoms with Crippen LogP contribution in [0.25, 0.3) is 0 Å². The van der Waals surface area contributed by atoms with Crippen molar-refractivity contribution in [3.05, 3.63) is 65.0 Å². The zero-order chi connectivity index (χ0) is 15.2. The Kier molecular flexibility index (Phi) is 5.31. The van der Waals surface area contributed by atoms with Crippen molar-refractivity contribution in [2.45, 2.75) is 19.6 Å². The molecule has 0 unspecified atom stereocenters. The van der Waals surface area contributed by atoms with E-state index in [1.807, 2.05) is 37.4 Å². The zero-order valence-electron chi connectivity index (χ0n) is 12.5. The molecule has 0 bridgehead atoms. The van der Waals surface area contributed by atoms with Crippen molar-refractivity contribution in [3.63, 3.8) is 0 Å². The third-order valence-corrected chi connectivity index (χ3v) is 3.41. The average Bonchev–Trinajstić information content (AvgIpc) is 2.49. The molecule has 0 amide bonds. The maximum Gasteiger partial charge on any atom is 0.132 e. The molecule has 3 nitrogen and oxygen atoms in total. The van der Waals surface area contributed by atoms with E-state index in [9.17, 15) is 4.39 Å². The van der Waals surface area contributed by atoms with E-state index in [0.29, 0.717) is 17.7 Å². The van der Waals surface area contributed by atoms with Gasteiger partial charge in [0.25, 0.3) is 0 Å². The molecule has 4 heteroatoms. The van der Waals surface area contributed by atoms with Gasteiger partial charge in [-0.05, 0) is 24.7 Å². The van der Waals surface area contributed by atoms with Gasteiger partial charge in [-0.3, -0.25) is 4.90 Å². The predicted molar refractivity (Wildman–Crippen MR) is 82.5 cm³/mol. The molecule has 0 fully saturated rings. The number of benzene rings is 2. The summed E-state index contributed by atoms with van der Waals surface area (Å²) in [5, 5.41) is 0. The van der Waals surface area contributed by atoms with Crippen LogP contribution in [0.2, 0.25) is 0 Å². The number of nitrogens with two attached hydrogens (primary N) is 1. The summed E-state index contributed by atoms with van der Waals surface area (Å²) in [4.78, 5) is 2.06. The highest BCUT2D eigenvalue weighted by Crippen LogP contribution is 2.17. The SMILES string of the molecule is COc1cccc(CN(C)Cc2cccc(CN)c2F)c1. The fourth-order valence-corrected chi connectivity index (χ4v) is 2.34. The van der Waals surface area contributed by atoms with Gasteiger partial charge in [-0.2, -0.15) is 0 Å². The predicted octanol–water partition coefficient (Wildman–Crippen LogP) is 2.93. The third kappa shape index (κ3) is 4.03. The standard InChI is InChI=1S/C17H21FN2O/c1-20(11-13-5-3-8-16(9-13)21-2)12-15-7-4-6-14(10-19)17(15)18/h3-9H,10-12,19H2,1-2H3. The Labute approximate surface area is 125 Å². The van der Waals surface area contributed by atoms with Crippen LogP contribution in [0.5, 0.6) is 5.75 Å². The average molecular weight is 288 g/mol. The molecule has 0 saturated carbocycles. The molecule has 112 valence electrons. The van der Waals surface area contributed by atoms with Crippen molar-refractivity contribution in [3.8, 4) is 5.75 Å². The number of hydrogen-bond acceptors (Lipinski definition) is 3. The van der Waals surface area contributed by atoms with Gasteiger partial charge in [0, 0.05) is 30.8 Å². The van der Waals surface area contributed by atoms with Crippen LogP contribution >= 0.6 is 0 Å². The Morgan fingerprint density at radius 1 is 1.10 bits per heavy atom. The monoisotopic (exact) mass is 288 g/mol. The topological polar surface area (TPSA) is 38.5 Å². The molecular weight excluding hydrogens is 267 g/mol. The fourth-order valence-electron chi connectivity index (χ4n) is 2.34. The van der Waals surface area contributed by atoms with Crippen molar-refractivity contribution in [1.82, 2.24) is 4.90 Å². The number of rotatable bonds is 6. The highest BCUT2D eigenvalue weighted by Gasteiger charge is 2.09. The smallest absolute Gasteiger partial charge is 0.132 e. The van der Waals surface area contributed by atoms with E-state index >= 15 is 0 Å². The van der Waals surface area contributed by atoms with E-state index in [2.05, 4.69) is 4.90 Å².